The first-order valence-electron chi connectivity index (χ1n) is 9.56. The fraction of sp³-hybridized carbons (Fsp3) is 0.273. The molecule has 0 aliphatic carbocycles. The summed E-state index contributed by atoms with van der Waals surface area (Å²) in [5.74, 6) is -0.0664. The van der Waals surface area contributed by atoms with Gasteiger partial charge in [-0.05, 0) is 47.4 Å². The third-order valence-corrected chi connectivity index (χ3v) is 5.24. The summed E-state index contributed by atoms with van der Waals surface area (Å²) in [4.78, 5) is 16.0. The molecule has 0 atom stereocenters. The number of aryl methyl sites for hydroxylation is 1. The number of aromatic nitrogens is 4. The molecule has 3 aromatic rings. The quantitative estimate of drug-likeness (QED) is 0.624. The van der Waals surface area contributed by atoms with Gasteiger partial charge in [-0.25, -0.2) is 4.39 Å². The molecule has 4 rings (SSSR count). The van der Waals surface area contributed by atoms with Crippen molar-refractivity contribution in [2.75, 3.05) is 18.0 Å². The number of carbonyl (C=O) groups is 1. The molecule has 148 valence electrons. The predicted octanol–water partition coefficient (Wildman–Crippen LogP) is 3.46. The average Bonchev–Trinajstić information content (AvgIpc) is 3.16. The Hall–Kier alpha value is -3.35. The Kier molecular flexibility index (Phi) is 5.20. The van der Waals surface area contributed by atoms with E-state index in [1.165, 1.54) is 28.1 Å². The van der Waals surface area contributed by atoms with Gasteiger partial charge in [0.1, 0.15) is 5.82 Å². The number of nitrogens with zero attached hydrogens (tertiary/aromatic N) is 5. The Morgan fingerprint density at radius 3 is 2.59 bits per heavy atom. The second-order valence-corrected chi connectivity index (χ2v) is 7.29. The van der Waals surface area contributed by atoms with Crippen molar-refractivity contribution in [3.63, 3.8) is 0 Å². The fourth-order valence-electron chi connectivity index (χ4n) is 3.56. The summed E-state index contributed by atoms with van der Waals surface area (Å²) in [6, 6.07) is 14.0. The van der Waals surface area contributed by atoms with Crippen molar-refractivity contribution in [2.45, 2.75) is 19.8 Å². The zero-order chi connectivity index (χ0) is 20.4. The van der Waals surface area contributed by atoms with Gasteiger partial charge in [0.05, 0.1) is 12.6 Å². The number of halogens is 1. The van der Waals surface area contributed by atoms with Crippen LogP contribution < -0.4 is 4.90 Å². The number of benzene rings is 2. The van der Waals surface area contributed by atoms with Gasteiger partial charge in [-0.15, -0.1) is 5.10 Å². The number of rotatable bonds is 5. The zero-order valence-corrected chi connectivity index (χ0v) is 16.5. The number of Topliss-reactive ketones (excluding diaryl/α,β-unsaturated/α-hetero) is 1. The Bertz CT molecular complexity index is 1070. The molecule has 0 spiro atoms. The molecule has 0 unspecified atom stereocenters. The van der Waals surface area contributed by atoms with E-state index in [-0.39, 0.29) is 17.8 Å². The molecule has 29 heavy (non-hydrogen) atoms. The van der Waals surface area contributed by atoms with Crippen LogP contribution in [0.3, 0.4) is 0 Å². The normalized spacial score (nSPS) is 14.4. The van der Waals surface area contributed by atoms with Gasteiger partial charge in [0.2, 0.25) is 0 Å². The number of ketones is 1. The molecule has 0 amide bonds. The van der Waals surface area contributed by atoms with Crippen molar-refractivity contribution in [1.82, 2.24) is 20.2 Å². The first kappa shape index (κ1) is 19.0. The summed E-state index contributed by atoms with van der Waals surface area (Å²) in [5.41, 5.74) is 4.67. The van der Waals surface area contributed by atoms with E-state index in [0.29, 0.717) is 12.5 Å². The third kappa shape index (κ3) is 4.08. The van der Waals surface area contributed by atoms with Crippen molar-refractivity contribution in [2.24, 2.45) is 7.05 Å². The molecule has 1 aromatic heterocycles. The maximum absolute atomic E-state index is 13.8. The maximum Gasteiger partial charge on any atom is 0.266 e. The number of anilines is 1. The Labute approximate surface area is 168 Å². The van der Waals surface area contributed by atoms with Crippen molar-refractivity contribution in [1.29, 1.82) is 0 Å². The van der Waals surface area contributed by atoms with E-state index in [0.717, 1.165) is 24.1 Å². The van der Waals surface area contributed by atoms with Crippen molar-refractivity contribution in [3.05, 3.63) is 76.6 Å². The molecule has 2 heterocycles. The van der Waals surface area contributed by atoms with Gasteiger partial charge < -0.3 is 4.90 Å². The molecule has 7 heteroatoms. The van der Waals surface area contributed by atoms with Crippen LogP contribution in [0.25, 0.3) is 5.57 Å². The summed E-state index contributed by atoms with van der Waals surface area (Å²) < 4.78 is 13.8. The topological polar surface area (TPSA) is 63.9 Å². The minimum absolute atomic E-state index is 0.134. The fourth-order valence-corrected chi connectivity index (χ4v) is 3.56. The first-order chi connectivity index (χ1) is 14.0. The minimum atomic E-state index is -0.477. The molecule has 0 saturated carbocycles. The number of carbonyl (C=O) groups excluding carboxylic acids is 1. The molecule has 0 radical (unpaired) electrons. The van der Waals surface area contributed by atoms with Crippen LogP contribution >= 0.6 is 0 Å². The van der Waals surface area contributed by atoms with E-state index in [4.69, 9.17) is 0 Å². The molecule has 0 bridgehead atoms. The van der Waals surface area contributed by atoms with Crippen LogP contribution in [0.2, 0.25) is 0 Å². The van der Waals surface area contributed by atoms with Gasteiger partial charge in [0.25, 0.3) is 5.95 Å². The van der Waals surface area contributed by atoms with Gasteiger partial charge in [-0.3, -0.25) is 4.79 Å². The lowest BCUT2D eigenvalue weighted by atomic mass is 9.93. The largest absolute Gasteiger partial charge is 0.334 e. The maximum atomic E-state index is 13.8. The van der Waals surface area contributed by atoms with E-state index in [2.05, 4.69) is 27.2 Å². The Morgan fingerprint density at radius 2 is 1.90 bits per heavy atom. The number of hydrogen-bond acceptors (Lipinski definition) is 5. The van der Waals surface area contributed by atoms with Crippen LogP contribution in [0.15, 0.2) is 54.1 Å². The van der Waals surface area contributed by atoms with Gasteiger partial charge in [-0.1, -0.05) is 47.1 Å². The highest BCUT2D eigenvalue weighted by molar-refractivity contribution is 5.97. The Balaban J connectivity index is 1.49. The SMILES string of the molecule is CC1=C(c2ccc(CC(=O)c3ccccc3F)cc2)CN(c2nnn(C)n2)CC1. The van der Waals surface area contributed by atoms with Crippen molar-refractivity contribution in [3.8, 4) is 0 Å². The number of tetrazole rings is 1. The molecule has 0 saturated heterocycles. The average molecular weight is 391 g/mol. The van der Waals surface area contributed by atoms with Crippen LogP contribution in [0.4, 0.5) is 10.3 Å². The van der Waals surface area contributed by atoms with Crippen molar-refractivity contribution >= 4 is 17.3 Å². The van der Waals surface area contributed by atoms with Crippen LogP contribution in [0, 0.1) is 5.82 Å². The highest BCUT2D eigenvalue weighted by Crippen LogP contribution is 2.28. The van der Waals surface area contributed by atoms with Crippen molar-refractivity contribution < 1.29 is 9.18 Å². The van der Waals surface area contributed by atoms with Gasteiger partial charge in [-0.2, -0.15) is 4.80 Å². The summed E-state index contributed by atoms with van der Waals surface area (Å²) in [5, 5.41) is 12.3. The summed E-state index contributed by atoms with van der Waals surface area (Å²) in [7, 11) is 1.75. The van der Waals surface area contributed by atoms with E-state index in [1.54, 1.807) is 19.2 Å². The molecule has 1 aliphatic rings. The van der Waals surface area contributed by atoms with E-state index < -0.39 is 5.82 Å². The summed E-state index contributed by atoms with van der Waals surface area (Å²) in [6.07, 6.45) is 1.11. The number of hydrogen-bond donors (Lipinski definition) is 0. The zero-order valence-electron chi connectivity index (χ0n) is 16.5. The summed E-state index contributed by atoms with van der Waals surface area (Å²) >= 11 is 0. The smallest absolute Gasteiger partial charge is 0.266 e. The standard InChI is InChI=1S/C22H22FN5O/c1-15-11-12-28(22-24-26-27(2)25-22)14-19(15)17-9-7-16(8-10-17)13-21(29)18-5-3-4-6-20(18)23/h3-10H,11-14H2,1-2H3. The molecule has 1 aliphatic heterocycles. The molecule has 0 N–H and O–H groups in total. The van der Waals surface area contributed by atoms with E-state index in [9.17, 15) is 9.18 Å². The molecule has 6 nitrogen and oxygen atoms in total. The van der Waals surface area contributed by atoms with E-state index in [1.807, 2.05) is 24.3 Å². The highest BCUT2D eigenvalue weighted by Gasteiger charge is 2.21. The summed E-state index contributed by atoms with van der Waals surface area (Å²) in [6.45, 7) is 3.72. The van der Waals surface area contributed by atoms with Crippen LogP contribution in [-0.4, -0.2) is 39.1 Å². The first-order valence-corrected chi connectivity index (χ1v) is 9.56. The van der Waals surface area contributed by atoms with Crippen LogP contribution in [0.5, 0.6) is 0 Å². The lowest BCUT2D eigenvalue weighted by Crippen LogP contribution is -2.31. The second kappa shape index (κ2) is 7.95. The monoisotopic (exact) mass is 391 g/mol. The van der Waals surface area contributed by atoms with E-state index >= 15 is 0 Å². The van der Waals surface area contributed by atoms with Gasteiger partial charge in [0, 0.05) is 19.5 Å². The lowest BCUT2D eigenvalue weighted by molar-refractivity contribution is 0.0989. The minimum Gasteiger partial charge on any atom is -0.334 e. The molecule has 0 fully saturated rings. The third-order valence-electron chi connectivity index (χ3n) is 5.24. The van der Waals surface area contributed by atoms with Crippen LogP contribution in [0.1, 0.15) is 34.8 Å². The predicted molar refractivity (Wildman–Crippen MR) is 109 cm³/mol. The second-order valence-electron chi connectivity index (χ2n) is 7.29. The molecule has 2 aromatic carbocycles. The molecular formula is C22H22FN5O. The Morgan fingerprint density at radius 1 is 1.14 bits per heavy atom. The molecular weight excluding hydrogens is 369 g/mol. The highest BCUT2D eigenvalue weighted by atomic mass is 19.1. The van der Waals surface area contributed by atoms with Crippen LogP contribution in [-0.2, 0) is 13.5 Å². The lowest BCUT2D eigenvalue weighted by Gasteiger charge is -2.29. The van der Waals surface area contributed by atoms with Gasteiger partial charge in [0.15, 0.2) is 5.78 Å². The van der Waals surface area contributed by atoms with Gasteiger partial charge >= 0.3 is 0 Å².